The van der Waals surface area contributed by atoms with Gasteiger partial charge in [0.1, 0.15) is 0 Å². The Morgan fingerprint density at radius 1 is 1.06 bits per heavy atom. The van der Waals surface area contributed by atoms with E-state index in [4.69, 9.17) is 11.5 Å². The van der Waals surface area contributed by atoms with Crippen molar-refractivity contribution in [2.45, 2.75) is 24.9 Å². The zero-order chi connectivity index (χ0) is 11.4. The molecule has 0 aliphatic heterocycles. The molecule has 1 aromatic carbocycles. The van der Waals surface area contributed by atoms with Crippen molar-refractivity contribution >= 4 is 0 Å². The lowest BCUT2D eigenvalue weighted by molar-refractivity contribution is 0.553. The lowest BCUT2D eigenvalue weighted by Gasteiger charge is -2.22. The predicted octanol–water partition coefficient (Wildman–Crippen LogP) is 2.12. The molecule has 0 saturated heterocycles. The van der Waals surface area contributed by atoms with E-state index in [2.05, 4.69) is 30.3 Å². The fraction of sp³-hybridized carbons (Fsp3) is 0.286. The van der Waals surface area contributed by atoms with Crippen LogP contribution in [-0.4, -0.2) is 5.66 Å². The number of allylic oxidation sites excluding steroid dienone is 2. The first-order valence-corrected chi connectivity index (χ1v) is 5.66. The first-order valence-electron chi connectivity index (χ1n) is 5.66. The van der Waals surface area contributed by atoms with E-state index >= 15 is 0 Å². The number of aryl methyl sites for hydroxylation is 1. The quantitative estimate of drug-likeness (QED) is 0.757. The molecule has 4 N–H and O–H groups in total. The first-order chi connectivity index (χ1) is 7.66. The Morgan fingerprint density at radius 2 is 1.81 bits per heavy atom. The molecular weight excluding hydrogens is 196 g/mol. The summed E-state index contributed by atoms with van der Waals surface area (Å²) in [6.45, 7) is 0. The van der Waals surface area contributed by atoms with E-state index in [-0.39, 0.29) is 0 Å². The van der Waals surface area contributed by atoms with E-state index in [1.165, 1.54) is 11.1 Å². The molecule has 0 bridgehead atoms. The molecule has 0 aromatic heterocycles. The van der Waals surface area contributed by atoms with E-state index in [9.17, 15) is 0 Å². The number of benzene rings is 1. The van der Waals surface area contributed by atoms with Crippen LogP contribution in [0.25, 0.3) is 0 Å². The van der Waals surface area contributed by atoms with Crippen LogP contribution < -0.4 is 11.5 Å². The van der Waals surface area contributed by atoms with Gasteiger partial charge >= 0.3 is 0 Å². The topological polar surface area (TPSA) is 52.0 Å². The minimum Gasteiger partial charge on any atom is -0.310 e. The molecule has 2 heteroatoms. The van der Waals surface area contributed by atoms with Crippen LogP contribution in [0.1, 0.15) is 18.4 Å². The van der Waals surface area contributed by atoms with Crippen LogP contribution in [0.15, 0.2) is 54.1 Å². The summed E-state index contributed by atoms with van der Waals surface area (Å²) in [6.07, 6.45) is 8.94. The Balaban J connectivity index is 1.89. The SMILES string of the molecule is NC1(N)C=CC(CCc2ccccc2)=CC1. The number of hydrogen-bond acceptors (Lipinski definition) is 2. The molecule has 2 nitrogen and oxygen atoms in total. The highest BCUT2D eigenvalue weighted by Crippen LogP contribution is 2.18. The fourth-order valence-corrected chi connectivity index (χ4v) is 1.82. The molecule has 0 amide bonds. The minimum absolute atomic E-state index is 0.643. The second-order valence-electron chi connectivity index (χ2n) is 4.41. The molecule has 84 valence electrons. The van der Waals surface area contributed by atoms with Crippen LogP contribution in [0, 0.1) is 0 Å². The lowest BCUT2D eigenvalue weighted by Crippen LogP contribution is -2.47. The van der Waals surface area contributed by atoms with Gasteiger partial charge in [-0.15, -0.1) is 0 Å². The lowest BCUT2D eigenvalue weighted by atomic mass is 9.95. The van der Waals surface area contributed by atoms with Crippen LogP contribution >= 0.6 is 0 Å². The van der Waals surface area contributed by atoms with Crippen LogP contribution in [0.2, 0.25) is 0 Å². The summed E-state index contributed by atoms with van der Waals surface area (Å²) in [7, 11) is 0. The maximum Gasteiger partial charge on any atom is 0.0867 e. The van der Waals surface area contributed by atoms with Crippen molar-refractivity contribution in [3.8, 4) is 0 Å². The second-order valence-corrected chi connectivity index (χ2v) is 4.41. The third kappa shape index (κ3) is 3.05. The van der Waals surface area contributed by atoms with Crippen LogP contribution in [0.3, 0.4) is 0 Å². The van der Waals surface area contributed by atoms with Crippen LogP contribution in [0.5, 0.6) is 0 Å². The maximum atomic E-state index is 5.79. The summed E-state index contributed by atoms with van der Waals surface area (Å²) < 4.78 is 0. The number of nitrogens with two attached hydrogens (primary N) is 2. The third-order valence-corrected chi connectivity index (χ3v) is 2.87. The van der Waals surface area contributed by atoms with Gasteiger partial charge in [-0.25, -0.2) is 0 Å². The standard InChI is InChI=1S/C14H18N2/c15-14(16)10-8-13(9-11-14)7-6-12-4-2-1-3-5-12/h1-5,8-10H,6-7,11,15-16H2. The molecule has 0 spiro atoms. The van der Waals surface area contributed by atoms with E-state index in [1.54, 1.807) is 0 Å². The van der Waals surface area contributed by atoms with Gasteiger partial charge in [0.25, 0.3) is 0 Å². The highest BCUT2D eigenvalue weighted by molar-refractivity contribution is 5.29. The zero-order valence-electron chi connectivity index (χ0n) is 9.39. The van der Waals surface area contributed by atoms with Gasteiger partial charge < -0.3 is 11.5 Å². The van der Waals surface area contributed by atoms with Gasteiger partial charge in [0, 0.05) is 6.42 Å². The fourth-order valence-electron chi connectivity index (χ4n) is 1.82. The van der Waals surface area contributed by atoms with Gasteiger partial charge in [0.05, 0.1) is 5.66 Å². The zero-order valence-corrected chi connectivity index (χ0v) is 9.39. The van der Waals surface area contributed by atoms with Gasteiger partial charge in [-0.2, -0.15) is 0 Å². The van der Waals surface area contributed by atoms with Gasteiger partial charge in [-0.05, 0) is 24.5 Å². The van der Waals surface area contributed by atoms with Crippen molar-refractivity contribution in [1.29, 1.82) is 0 Å². The highest BCUT2D eigenvalue weighted by Gasteiger charge is 2.16. The Morgan fingerprint density at radius 3 is 2.44 bits per heavy atom. The van der Waals surface area contributed by atoms with E-state index in [0.717, 1.165) is 19.3 Å². The summed E-state index contributed by atoms with van der Waals surface area (Å²) in [4.78, 5) is 0. The van der Waals surface area contributed by atoms with Crippen molar-refractivity contribution in [2.24, 2.45) is 11.5 Å². The molecule has 2 rings (SSSR count). The predicted molar refractivity (Wildman–Crippen MR) is 67.7 cm³/mol. The summed E-state index contributed by atoms with van der Waals surface area (Å²) in [5.41, 5.74) is 13.6. The monoisotopic (exact) mass is 214 g/mol. The average molecular weight is 214 g/mol. The molecule has 1 aliphatic carbocycles. The smallest absolute Gasteiger partial charge is 0.0867 e. The molecule has 0 fully saturated rings. The molecule has 0 unspecified atom stereocenters. The van der Waals surface area contributed by atoms with Crippen LogP contribution in [-0.2, 0) is 6.42 Å². The van der Waals surface area contributed by atoms with Crippen LogP contribution in [0.4, 0.5) is 0 Å². The van der Waals surface area contributed by atoms with Crippen molar-refractivity contribution in [3.63, 3.8) is 0 Å². The molecule has 0 radical (unpaired) electrons. The molecule has 0 heterocycles. The van der Waals surface area contributed by atoms with Crippen molar-refractivity contribution in [1.82, 2.24) is 0 Å². The Labute approximate surface area is 96.6 Å². The molecule has 16 heavy (non-hydrogen) atoms. The Kier molecular flexibility index (Phi) is 3.22. The van der Waals surface area contributed by atoms with Gasteiger partial charge in [-0.1, -0.05) is 48.1 Å². The second kappa shape index (κ2) is 4.64. The van der Waals surface area contributed by atoms with Crippen molar-refractivity contribution < 1.29 is 0 Å². The summed E-state index contributed by atoms with van der Waals surface area (Å²) in [6, 6.07) is 10.5. The minimum atomic E-state index is -0.643. The van der Waals surface area contributed by atoms with E-state index in [0.29, 0.717) is 0 Å². The summed E-state index contributed by atoms with van der Waals surface area (Å²) in [5.74, 6) is 0. The van der Waals surface area contributed by atoms with E-state index in [1.807, 2.05) is 18.2 Å². The third-order valence-electron chi connectivity index (χ3n) is 2.87. The Hall–Kier alpha value is -1.38. The number of hydrogen-bond donors (Lipinski definition) is 2. The number of rotatable bonds is 3. The van der Waals surface area contributed by atoms with Crippen molar-refractivity contribution in [3.05, 3.63) is 59.7 Å². The summed E-state index contributed by atoms with van der Waals surface area (Å²) in [5, 5.41) is 0. The average Bonchev–Trinajstić information content (AvgIpc) is 2.29. The van der Waals surface area contributed by atoms with Gasteiger partial charge in [-0.3, -0.25) is 0 Å². The molecule has 0 saturated carbocycles. The van der Waals surface area contributed by atoms with Gasteiger partial charge in [0.2, 0.25) is 0 Å². The molecule has 1 aromatic rings. The molecule has 1 aliphatic rings. The molecule has 0 atom stereocenters. The first kappa shape index (κ1) is 11.1. The van der Waals surface area contributed by atoms with Gasteiger partial charge in [0.15, 0.2) is 0 Å². The molecular formula is C14H18N2. The summed E-state index contributed by atoms with van der Waals surface area (Å²) >= 11 is 0. The van der Waals surface area contributed by atoms with E-state index < -0.39 is 5.66 Å². The maximum absolute atomic E-state index is 5.79. The largest absolute Gasteiger partial charge is 0.310 e. The van der Waals surface area contributed by atoms with Crippen molar-refractivity contribution in [2.75, 3.05) is 0 Å². The normalized spacial score (nSPS) is 18.2. The highest BCUT2D eigenvalue weighted by atomic mass is 14.9. The Bertz CT molecular complexity index is 402.